The molecule has 1 aliphatic rings. The van der Waals surface area contributed by atoms with Crippen molar-refractivity contribution in [3.05, 3.63) is 57.8 Å². The van der Waals surface area contributed by atoms with E-state index in [1.165, 1.54) is 6.07 Å². The molecular weight excluding hydrogens is 322 g/mol. The zero-order valence-corrected chi connectivity index (χ0v) is 14.3. The number of pyridine rings is 1. The van der Waals surface area contributed by atoms with Crippen LogP contribution in [0.25, 0.3) is 0 Å². The van der Waals surface area contributed by atoms with Crippen LogP contribution in [0.1, 0.15) is 25.1 Å². The molecule has 1 amide bonds. The fourth-order valence-corrected chi connectivity index (χ4v) is 3.09. The Morgan fingerprint density at radius 2 is 2.08 bits per heavy atom. The van der Waals surface area contributed by atoms with Gasteiger partial charge in [-0.2, -0.15) is 0 Å². The number of aromatic nitrogens is 1. The normalized spacial score (nSPS) is 17.1. The van der Waals surface area contributed by atoms with Gasteiger partial charge in [-0.1, -0.05) is 18.2 Å². The van der Waals surface area contributed by atoms with Gasteiger partial charge in [0, 0.05) is 18.7 Å². The van der Waals surface area contributed by atoms with Gasteiger partial charge in [-0.25, -0.2) is 0 Å². The molecule has 3 rings (SSSR count). The van der Waals surface area contributed by atoms with Gasteiger partial charge >= 0.3 is 5.82 Å². The van der Waals surface area contributed by atoms with Crippen LogP contribution in [0.15, 0.2) is 36.4 Å². The second-order valence-corrected chi connectivity index (χ2v) is 6.18. The van der Waals surface area contributed by atoms with Crippen molar-refractivity contribution in [2.75, 3.05) is 4.90 Å². The van der Waals surface area contributed by atoms with Crippen molar-refractivity contribution in [1.82, 2.24) is 4.98 Å². The fraction of sp³-hybridized carbons (Fsp3) is 0.333. The third kappa shape index (κ3) is 3.17. The predicted octanol–water partition coefficient (Wildman–Crippen LogP) is 3.04. The molecule has 1 aliphatic heterocycles. The van der Waals surface area contributed by atoms with E-state index in [0.29, 0.717) is 5.69 Å². The minimum Gasteiger partial charge on any atom is -0.473 e. The van der Waals surface area contributed by atoms with Gasteiger partial charge < -0.3 is 19.8 Å². The highest BCUT2D eigenvalue weighted by molar-refractivity contribution is 5.99. The summed E-state index contributed by atoms with van der Waals surface area (Å²) in [5, 5.41) is 11.2. The number of carbonyl (C=O) groups excluding carboxylic acids is 1. The average Bonchev–Trinajstić information content (AvgIpc) is 2.91. The van der Waals surface area contributed by atoms with E-state index < -0.39 is 11.0 Å². The number of para-hydroxylation sites is 1. The van der Waals surface area contributed by atoms with Gasteiger partial charge in [-0.05, 0) is 53.9 Å². The van der Waals surface area contributed by atoms with Gasteiger partial charge in [0.15, 0.2) is 6.10 Å². The van der Waals surface area contributed by atoms with Gasteiger partial charge in [0.1, 0.15) is 5.69 Å². The molecule has 0 bridgehead atoms. The van der Waals surface area contributed by atoms with Crippen molar-refractivity contribution in [2.45, 2.75) is 39.3 Å². The first kappa shape index (κ1) is 16.9. The molecule has 130 valence electrons. The number of anilines is 1. The topological polar surface area (TPSA) is 85.6 Å². The number of aryl methyl sites for hydroxylation is 1. The molecule has 7 nitrogen and oxygen atoms in total. The van der Waals surface area contributed by atoms with Crippen LogP contribution < -0.4 is 9.64 Å². The van der Waals surface area contributed by atoms with E-state index in [9.17, 15) is 14.9 Å². The zero-order valence-electron chi connectivity index (χ0n) is 14.3. The maximum atomic E-state index is 12.9. The summed E-state index contributed by atoms with van der Waals surface area (Å²) in [6.07, 6.45) is -0.0854. The first-order valence-electron chi connectivity index (χ1n) is 8.08. The molecule has 2 atom stereocenters. The minimum absolute atomic E-state index is 0.00316. The summed E-state index contributed by atoms with van der Waals surface area (Å²) in [4.78, 5) is 29.0. The summed E-state index contributed by atoms with van der Waals surface area (Å²) in [7, 11) is 0. The molecule has 1 aromatic carbocycles. The summed E-state index contributed by atoms with van der Waals surface area (Å²) in [5.41, 5.74) is 2.49. The van der Waals surface area contributed by atoms with Gasteiger partial charge in [0.2, 0.25) is 5.75 Å². The van der Waals surface area contributed by atoms with Crippen LogP contribution in [0.2, 0.25) is 0 Å². The Morgan fingerprint density at radius 1 is 1.36 bits per heavy atom. The monoisotopic (exact) mass is 341 g/mol. The van der Waals surface area contributed by atoms with Crippen LogP contribution in [0.4, 0.5) is 11.5 Å². The maximum absolute atomic E-state index is 12.9. The van der Waals surface area contributed by atoms with Crippen LogP contribution in [0.3, 0.4) is 0 Å². The molecule has 0 radical (unpaired) electrons. The van der Waals surface area contributed by atoms with Gasteiger partial charge in [-0.3, -0.25) is 4.79 Å². The SMILES string of the molecule is Cc1ccc(O[C@H](C)C(=O)N2c3ccccc3C[C@H]2C)c([N+](=O)[O-])n1. The fourth-order valence-electron chi connectivity index (χ4n) is 3.09. The smallest absolute Gasteiger partial charge is 0.406 e. The minimum atomic E-state index is -0.864. The van der Waals surface area contributed by atoms with Crippen molar-refractivity contribution < 1.29 is 14.5 Å². The van der Waals surface area contributed by atoms with Crippen LogP contribution in [-0.4, -0.2) is 28.0 Å². The molecular formula is C18H19N3O4. The molecule has 2 heterocycles. The molecule has 25 heavy (non-hydrogen) atoms. The summed E-state index contributed by atoms with van der Waals surface area (Å²) >= 11 is 0. The Hall–Kier alpha value is -2.96. The number of hydrogen-bond acceptors (Lipinski definition) is 5. The van der Waals surface area contributed by atoms with E-state index in [1.54, 1.807) is 24.8 Å². The predicted molar refractivity (Wildman–Crippen MR) is 92.8 cm³/mol. The Labute approximate surface area is 145 Å². The van der Waals surface area contributed by atoms with Crippen LogP contribution in [0, 0.1) is 17.0 Å². The lowest BCUT2D eigenvalue weighted by Gasteiger charge is -2.26. The number of hydrogen-bond donors (Lipinski definition) is 0. The van der Waals surface area contributed by atoms with Crippen LogP contribution >= 0.6 is 0 Å². The summed E-state index contributed by atoms with van der Waals surface area (Å²) < 4.78 is 5.60. The molecule has 0 N–H and O–H groups in total. The van der Waals surface area contributed by atoms with Crippen molar-refractivity contribution in [3.63, 3.8) is 0 Å². The largest absolute Gasteiger partial charge is 0.473 e. The molecule has 2 aromatic rings. The molecule has 0 aliphatic carbocycles. The lowest BCUT2D eigenvalue weighted by Crippen LogP contribution is -2.43. The zero-order chi connectivity index (χ0) is 18.1. The second-order valence-electron chi connectivity index (χ2n) is 6.18. The standard InChI is InChI=1S/C18H19N3O4/c1-11-8-9-16(17(19-11)21(23)24)25-13(3)18(22)20-12(2)10-14-6-4-5-7-15(14)20/h4-9,12-13H,10H2,1-3H3/t12-,13-/m1/s1. The number of rotatable bonds is 4. The Kier molecular flexibility index (Phi) is 4.39. The highest BCUT2D eigenvalue weighted by Gasteiger charge is 2.34. The molecule has 0 saturated carbocycles. The number of amides is 1. The molecule has 0 unspecified atom stereocenters. The number of carbonyl (C=O) groups is 1. The van der Waals surface area contributed by atoms with Crippen molar-refractivity contribution in [2.24, 2.45) is 0 Å². The first-order chi connectivity index (χ1) is 11.9. The average molecular weight is 341 g/mol. The highest BCUT2D eigenvalue weighted by atomic mass is 16.6. The van der Waals surface area contributed by atoms with E-state index in [-0.39, 0.29) is 23.5 Å². The number of ether oxygens (including phenoxy) is 1. The number of nitrogens with zero attached hydrogens (tertiary/aromatic N) is 3. The molecule has 0 spiro atoms. The van der Waals surface area contributed by atoms with Crippen LogP contribution in [-0.2, 0) is 11.2 Å². The van der Waals surface area contributed by atoms with E-state index in [1.807, 2.05) is 31.2 Å². The van der Waals surface area contributed by atoms with E-state index in [2.05, 4.69) is 4.98 Å². The summed E-state index contributed by atoms with van der Waals surface area (Å²) in [6, 6.07) is 10.8. The number of nitro groups is 1. The summed E-state index contributed by atoms with van der Waals surface area (Å²) in [5.74, 6) is -0.613. The second kappa shape index (κ2) is 6.51. The molecule has 0 fully saturated rings. The lowest BCUT2D eigenvalue weighted by molar-refractivity contribution is -0.390. The van der Waals surface area contributed by atoms with E-state index >= 15 is 0 Å². The summed E-state index contributed by atoms with van der Waals surface area (Å²) in [6.45, 7) is 5.23. The van der Waals surface area contributed by atoms with Gasteiger partial charge in [0.25, 0.3) is 5.91 Å². The van der Waals surface area contributed by atoms with E-state index in [0.717, 1.165) is 17.7 Å². The Balaban J connectivity index is 1.84. The van der Waals surface area contributed by atoms with Crippen molar-refractivity contribution in [1.29, 1.82) is 0 Å². The van der Waals surface area contributed by atoms with E-state index in [4.69, 9.17) is 4.74 Å². The highest BCUT2D eigenvalue weighted by Crippen LogP contribution is 2.33. The third-order valence-corrected chi connectivity index (χ3v) is 4.25. The van der Waals surface area contributed by atoms with Gasteiger partial charge in [-0.15, -0.1) is 0 Å². The molecule has 7 heteroatoms. The quantitative estimate of drug-likeness (QED) is 0.630. The van der Waals surface area contributed by atoms with Crippen molar-refractivity contribution >= 4 is 17.4 Å². The Morgan fingerprint density at radius 3 is 2.80 bits per heavy atom. The third-order valence-electron chi connectivity index (χ3n) is 4.25. The van der Waals surface area contributed by atoms with Crippen LogP contribution in [0.5, 0.6) is 5.75 Å². The number of benzene rings is 1. The van der Waals surface area contributed by atoms with Gasteiger partial charge in [0.05, 0.1) is 0 Å². The lowest BCUT2D eigenvalue weighted by atomic mass is 10.1. The molecule has 1 aromatic heterocycles. The van der Waals surface area contributed by atoms with Crippen molar-refractivity contribution in [3.8, 4) is 5.75 Å². The molecule has 0 saturated heterocycles. The Bertz CT molecular complexity index is 837. The first-order valence-corrected chi connectivity index (χ1v) is 8.08. The maximum Gasteiger partial charge on any atom is 0.406 e. The number of fused-ring (bicyclic) bond motifs is 1.